The maximum atomic E-state index is 5.36. The lowest BCUT2D eigenvalue weighted by atomic mass is 9.98. The van der Waals surface area contributed by atoms with Gasteiger partial charge in [-0.2, -0.15) is 11.8 Å². The first-order chi connectivity index (χ1) is 6.88. The number of rotatable bonds is 7. The molecule has 2 nitrogen and oxygen atoms in total. The second kappa shape index (κ2) is 7.55. The molecule has 2 atom stereocenters. The molecule has 2 unspecified atom stereocenters. The summed E-state index contributed by atoms with van der Waals surface area (Å²) in [4.78, 5) is 0. The van der Waals surface area contributed by atoms with Crippen LogP contribution in [0.15, 0.2) is 0 Å². The standard InChI is InChI=1S/C11H23NOS/c1-3-12-11-9-14-8-10(11)6-5-7-13-4-2/h10-12H,3-9H2,1-2H3. The highest BCUT2D eigenvalue weighted by molar-refractivity contribution is 7.99. The van der Waals surface area contributed by atoms with Crippen LogP contribution in [0.1, 0.15) is 26.7 Å². The van der Waals surface area contributed by atoms with Gasteiger partial charge in [-0.3, -0.25) is 0 Å². The largest absolute Gasteiger partial charge is 0.382 e. The predicted molar refractivity (Wildman–Crippen MR) is 64.0 cm³/mol. The number of thioether (sulfide) groups is 1. The number of hydrogen-bond acceptors (Lipinski definition) is 3. The minimum Gasteiger partial charge on any atom is -0.382 e. The summed E-state index contributed by atoms with van der Waals surface area (Å²) >= 11 is 2.09. The maximum Gasteiger partial charge on any atom is 0.0466 e. The molecule has 3 heteroatoms. The molecule has 1 rings (SSSR count). The Kier molecular flexibility index (Phi) is 6.65. The van der Waals surface area contributed by atoms with Crippen LogP contribution < -0.4 is 5.32 Å². The van der Waals surface area contributed by atoms with Gasteiger partial charge in [0.25, 0.3) is 0 Å². The Morgan fingerprint density at radius 1 is 1.36 bits per heavy atom. The quantitative estimate of drug-likeness (QED) is 0.660. The summed E-state index contributed by atoms with van der Waals surface area (Å²) < 4.78 is 5.36. The third-order valence-corrected chi connectivity index (χ3v) is 3.99. The Hall–Kier alpha value is 0.270. The van der Waals surface area contributed by atoms with Gasteiger partial charge in [0.15, 0.2) is 0 Å². The fourth-order valence-electron chi connectivity index (χ4n) is 1.96. The summed E-state index contributed by atoms with van der Waals surface area (Å²) in [7, 11) is 0. The Balaban J connectivity index is 2.09. The average molecular weight is 217 g/mol. The van der Waals surface area contributed by atoms with E-state index in [9.17, 15) is 0 Å². The van der Waals surface area contributed by atoms with Crippen LogP contribution in [0.25, 0.3) is 0 Å². The molecule has 1 aliphatic rings. The molecule has 1 N–H and O–H groups in total. The first kappa shape index (κ1) is 12.3. The van der Waals surface area contributed by atoms with Gasteiger partial charge in [0.2, 0.25) is 0 Å². The van der Waals surface area contributed by atoms with Crippen molar-refractivity contribution in [2.45, 2.75) is 32.7 Å². The van der Waals surface area contributed by atoms with Crippen molar-refractivity contribution in [2.75, 3.05) is 31.3 Å². The molecule has 1 saturated heterocycles. The summed E-state index contributed by atoms with van der Waals surface area (Å²) in [5.41, 5.74) is 0. The monoisotopic (exact) mass is 217 g/mol. The number of ether oxygens (including phenoxy) is 1. The lowest BCUT2D eigenvalue weighted by molar-refractivity contribution is 0.139. The Morgan fingerprint density at radius 2 is 2.21 bits per heavy atom. The molecular weight excluding hydrogens is 194 g/mol. The zero-order valence-corrected chi connectivity index (χ0v) is 10.2. The molecule has 0 aliphatic carbocycles. The summed E-state index contributed by atoms with van der Waals surface area (Å²) in [5, 5.41) is 3.57. The van der Waals surface area contributed by atoms with E-state index >= 15 is 0 Å². The molecule has 0 aromatic heterocycles. The third-order valence-electron chi connectivity index (χ3n) is 2.73. The predicted octanol–water partition coefficient (Wildman–Crippen LogP) is 2.14. The van der Waals surface area contributed by atoms with E-state index in [-0.39, 0.29) is 0 Å². The molecule has 84 valence electrons. The highest BCUT2D eigenvalue weighted by atomic mass is 32.2. The van der Waals surface area contributed by atoms with Crippen LogP contribution in [0.2, 0.25) is 0 Å². The van der Waals surface area contributed by atoms with Crippen molar-refractivity contribution in [3.8, 4) is 0 Å². The molecule has 0 aromatic rings. The van der Waals surface area contributed by atoms with Crippen LogP contribution in [0, 0.1) is 5.92 Å². The van der Waals surface area contributed by atoms with E-state index in [4.69, 9.17) is 4.74 Å². The molecule has 1 fully saturated rings. The smallest absolute Gasteiger partial charge is 0.0466 e. The van der Waals surface area contributed by atoms with Crippen molar-refractivity contribution in [1.82, 2.24) is 5.32 Å². The molecule has 1 aliphatic heterocycles. The number of hydrogen-bond donors (Lipinski definition) is 1. The second-order valence-corrected chi connectivity index (χ2v) is 4.88. The van der Waals surface area contributed by atoms with E-state index in [0.717, 1.165) is 31.7 Å². The van der Waals surface area contributed by atoms with E-state index in [1.165, 1.54) is 24.3 Å². The minimum atomic E-state index is 0.756. The van der Waals surface area contributed by atoms with Crippen molar-refractivity contribution in [1.29, 1.82) is 0 Å². The molecule has 0 amide bonds. The molecule has 0 radical (unpaired) electrons. The summed E-state index contributed by atoms with van der Waals surface area (Å²) in [6.45, 7) is 7.16. The normalized spacial score (nSPS) is 27.0. The van der Waals surface area contributed by atoms with E-state index in [1.54, 1.807) is 0 Å². The Labute approximate surface area is 92.2 Å². The van der Waals surface area contributed by atoms with E-state index in [0.29, 0.717) is 0 Å². The average Bonchev–Trinajstić information content (AvgIpc) is 2.61. The van der Waals surface area contributed by atoms with Gasteiger partial charge in [0, 0.05) is 25.0 Å². The van der Waals surface area contributed by atoms with Crippen LogP contribution in [-0.4, -0.2) is 37.3 Å². The first-order valence-corrected chi connectivity index (χ1v) is 6.92. The van der Waals surface area contributed by atoms with Crippen LogP contribution >= 0.6 is 11.8 Å². The van der Waals surface area contributed by atoms with Gasteiger partial charge >= 0.3 is 0 Å². The van der Waals surface area contributed by atoms with Gasteiger partial charge in [-0.25, -0.2) is 0 Å². The van der Waals surface area contributed by atoms with E-state index in [2.05, 4.69) is 30.9 Å². The van der Waals surface area contributed by atoms with Gasteiger partial charge in [-0.15, -0.1) is 0 Å². The van der Waals surface area contributed by atoms with Gasteiger partial charge in [0.05, 0.1) is 0 Å². The molecule has 1 heterocycles. The zero-order valence-electron chi connectivity index (χ0n) is 9.42. The minimum absolute atomic E-state index is 0.756. The molecule has 0 aromatic carbocycles. The van der Waals surface area contributed by atoms with Crippen molar-refractivity contribution < 1.29 is 4.74 Å². The fraction of sp³-hybridized carbons (Fsp3) is 1.00. The topological polar surface area (TPSA) is 21.3 Å². The SMILES string of the molecule is CCNC1CSCC1CCCOCC. The van der Waals surface area contributed by atoms with Crippen molar-refractivity contribution in [2.24, 2.45) is 5.92 Å². The molecular formula is C11H23NOS. The first-order valence-electron chi connectivity index (χ1n) is 5.77. The van der Waals surface area contributed by atoms with Crippen molar-refractivity contribution >= 4 is 11.8 Å². The van der Waals surface area contributed by atoms with Gasteiger partial charge in [-0.1, -0.05) is 6.92 Å². The van der Waals surface area contributed by atoms with Crippen molar-refractivity contribution in [3.05, 3.63) is 0 Å². The zero-order chi connectivity index (χ0) is 10.2. The second-order valence-electron chi connectivity index (χ2n) is 3.80. The fourth-order valence-corrected chi connectivity index (χ4v) is 3.44. The Morgan fingerprint density at radius 3 is 2.93 bits per heavy atom. The van der Waals surface area contributed by atoms with Gasteiger partial charge < -0.3 is 10.1 Å². The summed E-state index contributed by atoms with van der Waals surface area (Å²) in [5.74, 6) is 3.51. The third kappa shape index (κ3) is 4.20. The molecule has 0 spiro atoms. The van der Waals surface area contributed by atoms with Crippen LogP contribution in [0.4, 0.5) is 0 Å². The van der Waals surface area contributed by atoms with Gasteiger partial charge in [-0.05, 0) is 38.0 Å². The number of nitrogens with one attached hydrogen (secondary N) is 1. The van der Waals surface area contributed by atoms with Crippen molar-refractivity contribution in [3.63, 3.8) is 0 Å². The van der Waals surface area contributed by atoms with Gasteiger partial charge in [0.1, 0.15) is 0 Å². The van der Waals surface area contributed by atoms with E-state index in [1.807, 2.05) is 0 Å². The summed E-state index contributed by atoms with van der Waals surface area (Å²) in [6, 6.07) is 0.756. The molecule has 0 saturated carbocycles. The summed E-state index contributed by atoms with van der Waals surface area (Å²) in [6.07, 6.45) is 2.55. The lowest BCUT2D eigenvalue weighted by Crippen LogP contribution is -2.35. The molecule has 14 heavy (non-hydrogen) atoms. The molecule has 0 bridgehead atoms. The van der Waals surface area contributed by atoms with E-state index < -0.39 is 0 Å². The van der Waals surface area contributed by atoms with Crippen LogP contribution in [0.5, 0.6) is 0 Å². The van der Waals surface area contributed by atoms with Crippen LogP contribution in [-0.2, 0) is 4.74 Å². The highest BCUT2D eigenvalue weighted by Gasteiger charge is 2.26. The van der Waals surface area contributed by atoms with Crippen LogP contribution in [0.3, 0.4) is 0 Å². The Bertz CT molecular complexity index is 143. The maximum absolute atomic E-state index is 5.36. The highest BCUT2D eigenvalue weighted by Crippen LogP contribution is 2.27. The lowest BCUT2D eigenvalue weighted by Gasteiger charge is -2.19.